The fourth-order valence-corrected chi connectivity index (χ4v) is 12.7. The molecule has 4 aliphatic heterocycles. The highest BCUT2D eigenvalue weighted by Gasteiger charge is 2.74. The zero-order valence-corrected chi connectivity index (χ0v) is 28.7. The van der Waals surface area contributed by atoms with E-state index in [1.165, 1.54) is 31.2 Å². The summed E-state index contributed by atoms with van der Waals surface area (Å²) in [5, 5.41) is 44.8. The highest BCUT2D eigenvalue weighted by Crippen LogP contribution is 2.67. The summed E-state index contributed by atoms with van der Waals surface area (Å²) < 4.78 is 12.3. The molecule has 12 rings (SSSR count). The fourth-order valence-electron chi connectivity index (χ4n) is 12.7. The zero-order valence-electron chi connectivity index (χ0n) is 28.7. The van der Waals surface area contributed by atoms with E-state index >= 15 is 0 Å². The van der Waals surface area contributed by atoms with Crippen LogP contribution in [-0.4, -0.2) is 97.7 Å². The topological polar surface area (TPSA) is 123 Å². The molecule has 4 N–H and O–H groups in total. The van der Waals surface area contributed by atoms with Gasteiger partial charge in [-0.05, 0) is 124 Å². The number of nitrogens with zero attached hydrogens (tertiary/aromatic N) is 2. The van der Waals surface area contributed by atoms with E-state index in [0.29, 0.717) is 24.3 Å². The van der Waals surface area contributed by atoms with Crippen molar-refractivity contribution in [3.8, 4) is 23.0 Å². The third kappa shape index (κ3) is 3.60. The average molecular weight is 681 g/mol. The molecule has 2 aromatic rings. The van der Waals surface area contributed by atoms with E-state index in [9.17, 15) is 25.2 Å². The number of carbonyl (C=O) groups is 1. The number of likely N-dealkylation sites (tertiary alicyclic amines) is 2. The van der Waals surface area contributed by atoms with Crippen molar-refractivity contribution in [2.45, 2.75) is 123 Å². The van der Waals surface area contributed by atoms with Crippen molar-refractivity contribution < 1.29 is 34.7 Å². The molecule has 50 heavy (non-hydrogen) atoms. The molecule has 0 radical (unpaired) electrons. The van der Waals surface area contributed by atoms with Gasteiger partial charge in [-0.3, -0.25) is 14.6 Å². The van der Waals surface area contributed by atoms with Crippen molar-refractivity contribution in [3.05, 3.63) is 58.7 Å². The van der Waals surface area contributed by atoms with Gasteiger partial charge in [0, 0.05) is 42.7 Å². The zero-order chi connectivity index (χ0) is 33.9. The highest BCUT2D eigenvalue weighted by molar-refractivity contribution is 5.90. The number of rotatable bonds is 4. The lowest BCUT2D eigenvalue weighted by atomic mass is 9.48. The van der Waals surface area contributed by atoms with Gasteiger partial charge in [0.1, 0.15) is 6.10 Å². The summed E-state index contributed by atoms with van der Waals surface area (Å²) in [5.41, 5.74) is 2.66. The summed E-state index contributed by atoms with van der Waals surface area (Å²) in [6, 6.07) is 7.65. The van der Waals surface area contributed by atoms with Crippen molar-refractivity contribution in [1.82, 2.24) is 9.80 Å². The molecule has 2 spiro atoms. The van der Waals surface area contributed by atoms with Gasteiger partial charge in [0.15, 0.2) is 34.9 Å². The lowest BCUT2D eigenvalue weighted by molar-refractivity contribution is -0.188. The summed E-state index contributed by atoms with van der Waals surface area (Å²) in [4.78, 5) is 17.7. The maximum atomic E-state index is 12.7. The third-order valence-electron chi connectivity index (χ3n) is 15.3. The monoisotopic (exact) mass is 680 g/mol. The Hall–Kier alpha value is -3.11. The number of Topliss-reactive ketones (excluding diaryl/α,β-unsaturated/α-hetero) is 1. The Labute approximate surface area is 292 Å². The summed E-state index contributed by atoms with van der Waals surface area (Å²) in [7, 11) is 0. The molecule has 4 heterocycles. The Kier molecular flexibility index (Phi) is 6.01. The number of aliphatic hydroxyl groups is 2. The average Bonchev–Trinajstić information content (AvgIpc) is 4.02. The van der Waals surface area contributed by atoms with Crippen molar-refractivity contribution in [1.29, 1.82) is 0 Å². The van der Waals surface area contributed by atoms with Crippen LogP contribution in [0.2, 0.25) is 0 Å². The van der Waals surface area contributed by atoms with Crippen LogP contribution >= 0.6 is 0 Å². The number of hydrogen-bond donors (Lipinski definition) is 4. The van der Waals surface area contributed by atoms with Gasteiger partial charge < -0.3 is 29.9 Å². The Bertz CT molecular complexity index is 1740. The van der Waals surface area contributed by atoms with E-state index in [0.717, 1.165) is 98.8 Å². The summed E-state index contributed by atoms with van der Waals surface area (Å²) >= 11 is 0. The number of ether oxygens (including phenoxy) is 2. The van der Waals surface area contributed by atoms with Gasteiger partial charge in [0.2, 0.25) is 0 Å². The molecule has 2 saturated heterocycles. The minimum Gasteiger partial charge on any atom is -0.504 e. The van der Waals surface area contributed by atoms with E-state index in [1.54, 1.807) is 12.1 Å². The first-order valence-corrected chi connectivity index (χ1v) is 19.3. The van der Waals surface area contributed by atoms with Gasteiger partial charge >= 0.3 is 0 Å². The molecule has 4 bridgehead atoms. The molecule has 0 amide bonds. The summed E-state index contributed by atoms with van der Waals surface area (Å²) in [5.74, 6) is 3.03. The number of phenolic OH excluding ortho intramolecular Hbond substituents is 2. The number of benzene rings is 2. The van der Waals surface area contributed by atoms with Gasteiger partial charge in [0.25, 0.3) is 0 Å². The van der Waals surface area contributed by atoms with Gasteiger partial charge in [-0.15, -0.1) is 0 Å². The number of piperidine rings is 2. The standard InChI is InChI=1S/C21H25NO3.C20H23NO4/c1-12-6-7-21(24)16-10-14-4-5-15(23)18-17(14)20(21,19(12)25-18)8-9-22(16)11-13-2-3-13;22-13-4-3-12-9-15-20(24)6-5-14(23)18-19(20,16(12)17(13)25-18)7-8-21(15)10-11-1-2-11/h4-5,13,16,19,23-24H,1-3,6-11H2;3-4,11,15,18,22,24H,1-2,5-10H2/t16-,19+,20+,21-;15-,18+,19+,20-/m11/s1. The third-order valence-corrected chi connectivity index (χ3v) is 15.3. The van der Waals surface area contributed by atoms with Crippen LogP contribution in [0, 0.1) is 11.8 Å². The Morgan fingerprint density at radius 2 is 1.18 bits per heavy atom. The first-order chi connectivity index (χ1) is 24.1. The molecule has 0 aromatic heterocycles. The van der Waals surface area contributed by atoms with E-state index < -0.39 is 28.1 Å². The van der Waals surface area contributed by atoms with E-state index in [4.69, 9.17) is 9.47 Å². The molecule has 9 nitrogen and oxygen atoms in total. The number of aromatic hydroxyl groups is 2. The molecule has 9 heteroatoms. The molecule has 264 valence electrons. The maximum Gasteiger partial charge on any atom is 0.174 e. The minimum atomic E-state index is -0.940. The van der Waals surface area contributed by atoms with Crippen LogP contribution in [0.3, 0.4) is 0 Å². The van der Waals surface area contributed by atoms with E-state index in [2.05, 4.69) is 16.4 Å². The molecule has 2 aromatic carbocycles. The van der Waals surface area contributed by atoms with E-state index in [1.807, 2.05) is 12.1 Å². The molecular formula is C41H48N2O7. The molecule has 10 aliphatic rings. The van der Waals surface area contributed by atoms with Crippen LogP contribution in [-0.2, 0) is 28.5 Å². The van der Waals surface area contributed by atoms with Crippen LogP contribution in [0.15, 0.2) is 36.4 Å². The van der Waals surface area contributed by atoms with Crippen LogP contribution in [0.1, 0.15) is 86.5 Å². The number of hydrogen-bond acceptors (Lipinski definition) is 9. The van der Waals surface area contributed by atoms with Gasteiger partial charge in [-0.1, -0.05) is 18.7 Å². The maximum absolute atomic E-state index is 12.7. The molecule has 4 saturated carbocycles. The Balaban J connectivity index is 0.000000120. The molecular weight excluding hydrogens is 632 g/mol. The summed E-state index contributed by atoms with van der Waals surface area (Å²) in [6.07, 6.45) is 10.1. The normalized spacial score (nSPS) is 41.4. The lowest BCUT2D eigenvalue weighted by Gasteiger charge is -2.63. The van der Waals surface area contributed by atoms with Gasteiger partial charge in [-0.25, -0.2) is 0 Å². The molecule has 6 fully saturated rings. The Morgan fingerprint density at radius 3 is 1.70 bits per heavy atom. The first-order valence-electron chi connectivity index (χ1n) is 19.3. The van der Waals surface area contributed by atoms with Gasteiger partial charge in [0.05, 0.1) is 22.0 Å². The highest BCUT2D eigenvalue weighted by atomic mass is 16.5. The largest absolute Gasteiger partial charge is 0.504 e. The van der Waals surface area contributed by atoms with Gasteiger partial charge in [-0.2, -0.15) is 0 Å². The predicted molar refractivity (Wildman–Crippen MR) is 184 cm³/mol. The van der Waals surface area contributed by atoms with Crippen LogP contribution in [0.4, 0.5) is 0 Å². The number of ketones is 1. The SMILES string of the molecule is C=C1CC[C@@]2(O)[C@H]3Cc4ccc(O)c5c4[C@@]2(CCN3CC2CC2)[C@H]1O5.O=C1CC[C@@]2(O)[C@H]3Cc4ccc(O)c5c4[C@@]2(CCN3CC2CC2)[C@H]1O5. The second-order valence-corrected chi connectivity index (χ2v) is 17.6. The smallest absolute Gasteiger partial charge is 0.174 e. The Morgan fingerprint density at radius 1 is 0.700 bits per heavy atom. The van der Waals surface area contributed by atoms with Crippen molar-refractivity contribution in [3.63, 3.8) is 0 Å². The second kappa shape index (κ2) is 9.85. The first kappa shape index (κ1) is 30.5. The second-order valence-electron chi connectivity index (χ2n) is 17.6. The minimum absolute atomic E-state index is 0.0454. The number of carbonyl (C=O) groups excluding carboxylic acids is 1. The quantitative estimate of drug-likeness (QED) is 0.355. The summed E-state index contributed by atoms with van der Waals surface area (Å²) in [6.45, 7) is 8.36. The van der Waals surface area contributed by atoms with Crippen LogP contribution < -0.4 is 9.47 Å². The predicted octanol–water partition coefficient (Wildman–Crippen LogP) is 4.04. The molecule has 0 unspecified atom stereocenters. The van der Waals surface area contributed by atoms with Crippen molar-refractivity contribution in [2.24, 2.45) is 11.8 Å². The fraction of sp³-hybridized carbons (Fsp3) is 0.634. The van der Waals surface area contributed by atoms with Crippen molar-refractivity contribution in [2.75, 3.05) is 26.2 Å². The van der Waals surface area contributed by atoms with Crippen LogP contribution in [0.25, 0.3) is 0 Å². The van der Waals surface area contributed by atoms with Crippen molar-refractivity contribution >= 4 is 5.78 Å². The van der Waals surface area contributed by atoms with Crippen LogP contribution in [0.5, 0.6) is 23.0 Å². The molecule has 8 atom stereocenters. The van der Waals surface area contributed by atoms with E-state index in [-0.39, 0.29) is 35.5 Å². The molecule has 6 aliphatic carbocycles. The number of phenols is 2. The lowest BCUT2D eigenvalue weighted by Crippen LogP contribution is -2.76.